The zero-order valence-corrected chi connectivity index (χ0v) is 12.1. The van der Waals surface area contributed by atoms with Crippen LogP contribution in [0.1, 0.15) is 13.3 Å². The van der Waals surface area contributed by atoms with Crippen LogP contribution in [0.15, 0.2) is 23.1 Å². The molecule has 20 heavy (non-hydrogen) atoms. The smallest absolute Gasteiger partial charge is 0.243 e. The number of ether oxygens (including phenoxy) is 2. The number of nitrogens with zero attached hydrogens (tertiary/aromatic N) is 1. The molecule has 2 N–H and O–H groups in total. The third kappa shape index (κ3) is 2.15. The fourth-order valence-corrected chi connectivity index (χ4v) is 4.03. The van der Waals surface area contributed by atoms with E-state index in [2.05, 4.69) is 0 Å². The van der Waals surface area contributed by atoms with Gasteiger partial charge in [0.2, 0.25) is 10.0 Å². The predicted molar refractivity (Wildman–Crippen MR) is 73.4 cm³/mol. The third-order valence-corrected chi connectivity index (χ3v) is 5.63. The lowest BCUT2D eigenvalue weighted by Gasteiger charge is -2.46. The average molecular weight is 298 g/mol. The number of hydrogen-bond donors (Lipinski definition) is 1. The van der Waals surface area contributed by atoms with Crippen molar-refractivity contribution in [3.63, 3.8) is 0 Å². The van der Waals surface area contributed by atoms with Crippen LogP contribution in [-0.2, 0) is 10.0 Å². The molecule has 1 aromatic rings. The molecule has 3 rings (SSSR count). The molecule has 6 nitrogen and oxygen atoms in total. The van der Waals surface area contributed by atoms with Gasteiger partial charge in [-0.3, -0.25) is 0 Å². The van der Waals surface area contributed by atoms with Crippen molar-refractivity contribution in [1.29, 1.82) is 0 Å². The zero-order chi connectivity index (χ0) is 14.4. The molecule has 0 saturated carbocycles. The number of hydrogen-bond acceptors (Lipinski definition) is 5. The molecule has 1 saturated heterocycles. The Bertz CT molecular complexity index is 623. The van der Waals surface area contributed by atoms with Crippen LogP contribution >= 0.6 is 0 Å². The molecular weight excluding hydrogens is 280 g/mol. The van der Waals surface area contributed by atoms with Gasteiger partial charge in [-0.1, -0.05) is 6.92 Å². The van der Waals surface area contributed by atoms with Crippen molar-refractivity contribution in [3.8, 4) is 11.5 Å². The molecule has 1 fully saturated rings. The molecule has 1 aromatic carbocycles. The van der Waals surface area contributed by atoms with Crippen molar-refractivity contribution in [3.05, 3.63) is 18.2 Å². The summed E-state index contributed by atoms with van der Waals surface area (Å²) in [5.74, 6) is 1.06. The molecule has 0 bridgehead atoms. The van der Waals surface area contributed by atoms with Crippen LogP contribution in [-0.4, -0.2) is 44.6 Å². The lowest BCUT2D eigenvalue weighted by Crippen LogP contribution is -2.68. The quantitative estimate of drug-likeness (QED) is 0.882. The second-order valence-corrected chi connectivity index (χ2v) is 7.23. The Labute approximate surface area is 118 Å². The summed E-state index contributed by atoms with van der Waals surface area (Å²) >= 11 is 0. The molecule has 2 heterocycles. The first kappa shape index (κ1) is 13.7. The maximum atomic E-state index is 12.5. The molecule has 7 heteroatoms. The molecule has 2 aliphatic heterocycles. The van der Waals surface area contributed by atoms with Crippen molar-refractivity contribution in [1.82, 2.24) is 4.31 Å². The van der Waals surface area contributed by atoms with Crippen LogP contribution in [0.25, 0.3) is 0 Å². The van der Waals surface area contributed by atoms with Gasteiger partial charge in [0.1, 0.15) is 13.2 Å². The molecule has 0 amide bonds. The van der Waals surface area contributed by atoms with Crippen LogP contribution in [0.5, 0.6) is 11.5 Å². The summed E-state index contributed by atoms with van der Waals surface area (Å²) in [7, 11) is -3.50. The average Bonchev–Trinajstić information content (AvgIpc) is 2.43. The highest BCUT2D eigenvalue weighted by atomic mass is 32.2. The highest BCUT2D eigenvalue weighted by Crippen LogP contribution is 2.35. The van der Waals surface area contributed by atoms with Crippen molar-refractivity contribution < 1.29 is 17.9 Å². The number of nitrogens with two attached hydrogens (primary N) is 1. The summed E-state index contributed by atoms with van der Waals surface area (Å²) in [5.41, 5.74) is 5.64. The largest absolute Gasteiger partial charge is 0.486 e. The summed E-state index contributed by atoms with van der Waals surface area (Å²) in [6, 6.07) is 4.70. The first-order chi connectivity index (χ1) is 9.44. The van der Waals surface area contributed by atoms with E-state index in [1.165, 1.54) is 10.4 Å². The minimum atomic E-state index is -3.50. The predicted octanol–water partition coefficient (Wildman–Crippen LogP) is 0.570. The van der Waals surface area contributed by atoms with Gasteiger partial charge < -0.3 is 15.2 Å². The highest BCUT2D eigenvalue weighted by molar-refractivity contribution is 7.89. The zero-order valence-electron chi connectivity index (χ0n) is 11.3. The van der Waals surface area contributed by atoms with Gasteiger partial charge in [-0.2, -0.15) is 4.31 Å². The van der Waals surface area contributed by atoms with Crippen molar-refractivity contribution >= 4 is 10.0 Å². The van der Waals surface area contributed by atoms with Gasteiger partial charge in [-0.25, -0.2) is 8.42 Å². The number of fused-ring (bicyclic) bond motifs is 1. The molecule has 0 spiro atoms. The second kappa shape index (κ2) is 4.61. The van der Waals surface area contributed by atoms with Crippen LogP contribution in [0.3, 0.4) is 0 Å². The first-order valence-corrected chi connectivity index (χ1v) is 8.07. The summed E-state index contributed by atoms with van der Waals surface area (Å²) in [4.78, 5) is 0.222. The number of benzene rings is 1. The SMILES string of the molecule is CCC1(N)CN(S(=O)(=O)c2ccc3c(c2)OCCO3)C1. The van der Waals surface area contributed by atoms with Gasteiger partial charge in [0.05, 0.1) is 4.90 Å². The van der Waals surface area contributed by atoms with Gasteiger partial charge in [-0.05, 0) is 18.6 Å². The van der Waals surface area contributed by atoms with E-state index in [0.29, 0.717) is 37.8 Å². The molecule has 0 unspecified atom stereocenters. The van der Waals surface area contributed by atoms with Gasteiger partial charge in [-0.15, -0.1) is 0 Å². The summed E-state index contributed by atoms with van der Waals surface area (Å²) in [5, 5.41) is 0. The molecular formula is C13H18N2O4S. The Morgan fingerprint density at radius 1 is 1.25 bits per heavy atom. The van der Waals surface area contributed by atoms with Crippen LogP contribution in [0.2, 0.25) is 0 Å². The van der Waals surface area contributed by atoms with E-state index in [0.717, 1.165) is 6.42 Å². The molecule has 110 valence electrons. The van der Waals surface area contributed by atoms with Crippen LogP contribution < -0.4 is 15.2 Å². The van der Waals surface area contributed by atoms with Gasteiger partial charge >= 0.3 is 0 Å². The third-order valence-electron chi connectivity index (χ3n) is 3.84. The maximum Gasteiger partial charge on any atom is 0.243 e. The van der Waals surface area contributed by atoms with Gasteiger partial charge in [0.25, 0.3) is 0 Å². The van der Waals surface area contributed by atoms with E-state index >= 15 is 0 Å². The Balaban J connectivity index is 1.85. The lowest BCUT2D eigenvalue weighted by molar-refractivity contribution is 0.153. The van der Waals surface area contributed by atoms with Crippen LogP contribution in [0, 0.1) is 0 Å². The number of sulfonamides is 1. The maximum absolute atomic E-state index is 12.5. The van der Waals surface area contributed by atoms with Crippen LogP contribution in [0.4, 0.5) is 0 Å². The molecule has 0 aromatic heterocycles. The Kier molecular flexibility index (Phi) is 3.15. The van der Waals surface area contributed by atoms with E-state index in [9.17, 15) is 8.42 Å². The Morgan fingerprint density at radius 2 is 1.90 bits per heavy atom. The van der Waals surface area contributed by atoms with E-state index in [1.54, 1.807) is 12.1 Å². The van der Waals surface area contributed by atoms with Gasteiger partial charge in [0, 0.05) is 24.7 Å². The van der Waals surface area contributed by atoms with E-state index in [4.69, 9.17) is 15.2 Å². The standard InChI is InChI=1S/C13H18N2O4S/c1-2-13(14)8-15(9-13)20(16,17)10-3-4-11-12(7-10)19-6-5-18-11/h3-4,7H,2,5-6,8-9,14H2,1H3. The molecule has 0 aliphatic carbocycles. The normalized spacial score (nSPS) is 21.3. The highest BCUT2D eigenvalue weighted by Gasteiger charge is 2.44. The van der Waals surface area contributed by atoms with Crippen molar-refractivity contribution in [2.75, 3.05) is 26.3 Å². The van der Waals surface area contributed by atoms with E-state index in [1.807, 2.05) is 6.92 Å². The van der Waals surface area contributed by atoms with Crippen molar-refractivity contribution in [2.24, 2.45) is 5.73 Å². The topological polar surface area (TPSA) is 81.9 Å². The lowest BCUT2D eigenvalue weighted by atomic mass is 9.91. The fourth-order valence-electron chi connectivity index (χ4n) is 2.38. The van der Waals surface area contributed by atoms with E-state index in [-0.39, 0.29) is 10.4 Å². The number of rotatable bonds is 3. The minimum absolute atomic E-state index is 0.222. The first-order valence-electron chi connectivity index (χ1n) is 6.63. The Hall–Kier alpha value is -1.31. The minimum Gasteiger partial charge on any atom is -0.486 e. The molecule has 2 aliphatic rings. The van der Waals surface area contributed by atoms with E-state index < -0.39 is 10.0 Å². The van der Waals surface area contributed by atoms with Crippen molar-refractivity contribution in [2.45, 2.75) is 23.8 Å². The second-order valence-electron chi connectivity index (χ2n) is 5.29. The van der Waals surface area contributed by atoms with Gasteiger partial charge in [0.15, 0.2) is 11.5 Å². The summed E-state index contributed by atoms with van der Waals surface area (Å²) in [6.07, 6.45) is 0.764. The fraction of sp³-hybridized carbons (Fsp3) is 0.538. The summed E-state index contributed by atoms with van der Waals surface area (Å²) in [6.45, 7) is 3.61. The molecule has 0 radical (unpaired) electrons. The Morgan fingerprint density at radius 3 is 2.55 bits per heavy atom. The summed E-state index contributed by atoms with van der Waals surface area (Å²) < 4.78 is 37.2. The molecule has 0 atom stereocenters. The monoisotopic (exact) mass is 298 g/mol.